The Morgan fingerprint density at radius 1 is 1.33 bits per heavy atom. The number of fused-ring (bicyclic) bond motifs is 1. The average Bonchev–Trinajstić information content (AvgIpc) is 2.64. The van der Waals surface area contributed by atoms with Gasteiger partial charge in [0.1, 0.15) is 12.6 Å². The summed E-state index contributed by atoms with van der Waals surface area (Å²) < 4.78 is 0. The standard InChI is InChI=1S/C18H23ClN4O4/c1-10(2)7-22(8-15(20)24)16(25)9-23-11(3)17(26)21-14-6-12(19)4-5-13(14)18(23)27/h4-6,10-11H,7-9H2,1-3H3,(H2,20,24)(H,21,26)/t11-/m0/s1. The van der Waals surface area contributed by atoms with Gasteiger partial charge in [-0.15, -0.1) is 0 Å². The van der Waals surface area contributed by atoms with Crippen molar-refractivity contribution in [1.82, 2.24) is 9.80 Å². The lowest BCUT2D eigenvalue weighted by Gasteiger charge is -2.29. The van der Waals surface area contributed by atoms with Crippen molar-refractivity contribution in [2.45, 2.75) is 26.8 Å². The van der Waals surface area contributed by atoms with E-state index in [2.05, 4.69) is 5.32 Å². The van der Waals surface area contributed by atoms with Gasteiger partial charge in [-0.05, 0) is 31.0 Å². The summed E-state index contributed by atoms with van der Waals surface area (Å²) in [7, 11) is 0. The molecule has 1 aromatic rings. The van der Waals surface area contributed by atoms with E-state index < -0.39 is 29.7 Å². The molecule has 0 aliphatic carbocycles. The molecular weight excluding hydrogens is 372 g/mol. The topological polar surface area (TPSA) is 113 Å². The third-order valence-corrected chi connectivity index (χ3v) is 4.40. The molecule has 4 amide bonds. The smallest absolute Gasteiger partial charge is 0.257 e. The molecule has 9 heteroatoms. The maximum absolute atomic E-state index is 12.9. The maximum atomic E-state index is 12.9. The fourth-order valence-electron chi connectivity index (χ4n) is 2.85. The molecule has 3 N–H and O–H groups in total. The summed E-state index contributed by atoms with van der Waals surface area (Å²) in [5.41, 5.74) is 5.78. The number of nitrogens with one attached hydrogen (secondary N) is 1. The highest BCUT2D eigenvalue weighted by Crippen LogP contribution is 2.26. The van der Waals surface area contributed by atoms with E-state index in [4.69, 9.17) is 17.3 Å². The second-order valence-corrected chi connectivity index (χ2v) is 7.36. The van der Waals surface area contributed by atoms with Crippen LogP contribution in [0.4, 0.5) is 5.69 Å². The van der Waals surface area contributed by atoms with Crippen molar-refractivity contribution >= 4 is 40.9 Å². The van der Waals surface area contributed by atoms with Gasteiger partial charge in [0.15, 0.2) is 0 Å². The normalized spacial score (nSPS) is 16.6. The Morgan fingerprint density at radius 3 is 2.59 bits per heavy atom. The van der Waals surface area contributed by atoms with E-state index in [9.17, 15) is 19.2 Å². The van der Waals surface area contributed by atoms with Gasteiger partial charge in [0.05, 0.1) is 17.8 Å². The highest BCUT2D eigenvalue weighted by atomic mass is 35.5. The number of carbonyl (C=O) groups excluding carboxylic acids is 4. The van der Waals surface area contributed by atoms with Gasteiger partial charge in [0, 0.05) is 11.6 Å². The number of primary amides is 1. The number of carbonyl (C=O) groups is 4. The predicted molar refractivity (Wildman–Crippen MR) is 101 cm³/mol. The van der Waals surface area contributed by atoms with Crippen molar-refractivity contribution in [3.05, 3.63) is 28.8 Å². The van der Waals surface area contributed by atoms with E-state index in [0.29, 0.717) is 17.3 Å². The van der Waals surface area contributed by atoms with E-state index >= 15 is 0 Å². The Morgan fingerprint density at radius 2 is 2.00 bits per heavy atom. The molecule has 1 aliphatic heterocycles. The number of anilines is 1. The van der Waals surface area contributed by atoms with Crippen LogP contribution in [0.5, 0.6) is 0 Å². The monoisotopic (exact) mass is 394 g/mol. The van der Waals surface area contributed by atoms with Gasteiger partial charge in [-0.25, -0.2) is 0 Å². The minimum atomic E-state index is -0.873. The maximum Gasteiger partial charge on any atom is 0.257 e. The zero-order chi connectivity index (χ0) is 20.3. The average molecular weight is 395 g/mol. The fraction of sp³-hybridized carbons (Fsp3) is 0.444. The van der Waals surface area contributed by atoms with Crippen molar-refractivity contribution < 1.29 is 19.2 Å². The van der Waals surface area contributed by atoms with Crippen LogP contribution in [0.1, 0.15) is 31.1 Å². The Bertz CT molecular complexity index is 781. The predicted octanol–water partition coefficient (Wildman–Crippen LogP) is 1.09. The molecule has 1 atom stereocenters. The highest BCUT2D eigenvalue weighted by molar-refractivity contribution is 6.31. The number of hydrogen-bond acceptors (Lipinski definition) is 4. The fourth-order valence-corrected chi connectivity index (χ4v) is 3.03. The van der Waals surface area contributed by atoms with Crippen LogP contribution in [0.25, 0.3) is 0 Å². The lowest BCUT2D eigenvalue weighted by molar-refractivity contribution is -0.137. The van der Waals surface area contributed by atoms with Gasteiger partial charge < -0.3 is 20.9 Å². The summed E-state index contributed by atoms with van der Waals surface area (Å²) in [6, 6.07) is 3.66. The number of rotatable bonds is 6. The first-order chi connectivity index (χ1) is 12.6. The molecular formula is C18H23ClN4O4. The third kappa shape index (κ3) is 4.97. The largest absolute Gasteiger partial charge is 0.368 e. The van der Waals surface area contributed by atoms with E-state index in [-0.39, 0.29) is 24.6 Å². The number of nitrogens with two attached hydrogens (primary N) is 1. The zero-order valence-electron chi connectivity index (χ0n) is 15.5. The number of amides is 4. The number of benzene rings is 1. The minimum Gasteiger partial charge on any atom is -0.368 e. The summed E-state index contributed by atoms with van der Waals surface area (Å²) in [6.45, 7) is 5.07. The molecule has 1 aliphatic rings. The first-order valence-electron chi connectivity index (χ1n) is 8.57. The summed E-state index contributed by atoms with van der Waals surface area (Å²) in [5.74, 6) is -1.88. The molecule has 0 fully saturated rings. The summed E-state index contributed by atoms with van der Waals surface area (Å²) in [6.07, 6.45) is 0. The third-order valence-electron chi connectivity index (χ3n) is 4.17. The van der Waals surface area contributed by atoms with Crippen molar-refractivity contribution in [2.75, 3.05) is 25.0 Å². The number of nitrogens with zero attached hydrogens (tertiary/aromatic N) is 2. The van der Waals surface area contributed by atoms with Crippen LogP contribution < -0.4 is 11.1 Å². The molecule has 1 aromatic carbocycles. The lowest BCUT2D eigenvalue weighted by atomic mass is 10.1. The SMILES string of the molecule is CC(C)CN(CC(N)=O)C(=O)CN1C(=O)c2ccc(Cl)cc2NC(=O)[C@@H]1C. The summed E-state index contributed by atoms with van der Waals surface area (Å²) >= 11 is 5.94. The second kappa shape index (κ2) is 8.39. The second-order valence-electron chi connectivity index (χ2n) is 6.92. The van der Waals surface area contributed by atoms with Crippen LogP contribution in [0.3, 0.4) is 0 Å². The Balaban J connectivity index is 2.30. The van der Waals surface area contributed by atoms with Gasteiger partial charge in [0.2, 0.25) is 17.7 Å². The van der Waals surface area contributed by atoms with Gasteiger partial charge >= 0.3 is 0 Å². The Hall–Kier alpha value is -2.61. The van der Waals surface area contributed by atoms with Gasteiger partial charge in [-0.2, -0.15) is 0 Å². The highest BCUT2D eigenvalue weighted by Gasteiger charge is 2.34. The summed E-state index contributed by atoms with van der Waals surface area (Å²) in [5, 5.41) is 3.03. The van der Waals surface area contributed by atoms with E-state index in [0.717, 1.165) is 0 Å². The van der Waals surface area contributed by atoms with Gasteiger partial charge in [0.25, 0.3) is 5.91 Å². The summed E-state index contributed by atoms with van der Waals surface area (Å²) in [4.78, 5) is 51.8. The minimum absolute atomic E-state index is 0.108. The number of hydrogen-bond donors (Lipinski definition) is 2. The molecule has 0 saturated heterocycles. The van der Waals surface area contributed by atoms with Crippen LogP contribution in [-0.2, 0) is 14.4 Å². The van der Waals surface area contributed by atoms with Crippen LogP contribution in [0.15, 0.2) is 18.2 Å². The molecule has 0 radical (unpaired) electrons. The molecule has 1 heterocycles. The van der Waals surface area contributed by atoms with Crippen molar-refractivity contribution in [3.8, 4) is 0 Å². The molecule has 146 valence electrons. The first-order valence-corrected chi connectivity index (χ1v) is 8.95. The molecule has 0 aromatic heterocycles. The molecule has 0 bridgehead atoms. The lowest BCUT2D eigenvalue weighted by Crippen LogP contribution is -2.51. The molecule has 27 heavy (non-hydrogen) atoms. The van der Waals surface area contributed by atoms with Crippen molar-refractivity contribution in [3.63, 3.8) is 0 Å². The number of halogens is 1. The van der Waals surface area contributed by atoms with Crippen LogP contribution >= 0.6 is 11.6 Å². The Kier molecular flexibility index (Phi) is 6.43. The van der Waals surface area contributed by atoms with Gasteiger partial charge in [-0.1, -0.05) is 25.4 Å². The zero-order valence-corrected chi connectivity index (χ0v) is 16.2. The Labute approximate surface area is 162 Å². The quantitative estimate of drug-likeness (QED) is 0.751. The van der Waals surface area contributed by atoms with Crippen LogP contribution in [0.2, 0.25) is 5.02 Å². The van der Waals surface area contributed by atoms with Gasteiger partial charge in [-0.3, -0.25) is 19.2 Å². The van der Waals surface area contributed by atoms with E-state index in [1.165, 1.54) is 28.9 Å². The van der Waals surface area contributed by atoms with Crippen LogP contribution in [-0.4, -0.2) is 59.1 Å². The molecule has 8 nitrogen and oxygen atoms in total. The molecule has 0 spiro atoms. The molecule has 0 unspecified atom stereocenters. The van der Waals surface area contributed by atoms with Crippen LogP contribution in [0, 0.1) is 5.92 Å². The first kappa shape index (κ1) is 20.7. The molecule has 2 rings (SSSR count). The van der Waals surface area contributed by atoms with E-state index in [1.807, 2.05) is 13.8 Å². The van der Waals surface area contributed by atoms with Crippen molar-refractivity contribution in [1.29, 1.82) is 0 Å². The van der Waals surface area contributed by atoms with Crippen molar-refractivity contribution in [2.24, 2.45) is 11.7 Å². The van der Waals surface area contributed by atoms with E-state index in [1.54, 1.807) is 6.07 Å². The molecule has 0 saturated carbocycles.